The van der Waals surface area contributed by atoms with Crippen LogP contribution in [0.3, 0.4) is 0 Å². The van der Waals surface area contributed by atoms with E-state index in [0.717, 1.165) is 5.69 Å². The zero-order valence-corrected chi connectivity index (χ0v) is 11.4. The van der Waals surface area contributed by atoms with E-state index in [-0.39, 0.29) is 5.56 Å². The number of carboxylic acid groups (broad SMARTS) is 1. The Morgan fingerprint density at radius 2 is 1.79 bits per heavy atom. The average molecular weight is 260 g/mol. The number of carbonyl (C=O) groups is 1. The van der Waals surface area contributed by atoms with Crippen molar-refractivity contribution in [2.24, 2.45) is 16.9 Å². The zero-order valence-electron chi connectivity index (χ0n) is 11.4. The minimum atomic E-state index is -0.910. The van der Waals surface area contributed by atoms with Crippen molar-refractivity contribution in [3.8, 4) is 0 Å². The lowest BCUT2D eigenvalue weighted by Gasteiger charge is -2.26. The quantitative estimate of drug-likeness (QED) is 0.816. The van der Waals surface area contributed by atoms with Gasteiger partial charge in [0.1, 0.15) is 0 Å². The smallest absolute Gasteiger partial charge is 0.335 e. The Bertz CT molecular complexity index is 467. The van der Waals surface area contributed by atoms with Crippen LogP contribution in [-0.2, 0) is 0 Å². The van der Waals surface area contributed by atoms with Crippen LogP contribution < -0.4 is 5.43 Å². The van der Waals surface area contributed by atoms with Gasteiger partial charge in [-0.25, -0.2) is 4.79 Å². The molecule has 0 heterocycles. The second-order valence-corrected chi connectivity index (χ2v) is 5.26. The highest BCUT2D eigenvalue weighted by atomic mass is 16.4. The van der Waals surface area contributed by atoms with Crippen LogP contribution in [-0.4, -0.2) is 16.8 Å². The molecule has 0 spiro atoms. The predicted octanol–water partition coefficient (Wildman–Crippen LogP) is 3.61. The lowest BCUT2D eigenvalue weighted by Crippen LogP contribution is -2.25. The van der Waals surface area contributed by atoms with Gasteiger partial charge in [0.2, 0.25) is 0 Å². The molecule has 1 aliphatic rings. The molecule has 2 N–H and O–H groups in total. The molecule has 0 bridgehead atoms. The van der Waals surface area contributed by atoms with Gasteiger partial charge in [-0.1, -0.05) is 20.3 Å². The van der Waals surface area contributed by atoms with Gasteiger partial charge in [0.25, 0.3) is 0 Å². The molecular weight excluding hydrogens is 240 g/mol. The van der Waals surface area contributed by atoms with E-state index in [1.54, 1.807) is 24.3 Å². The molecule has 0 unspecified atom stereocenters. The number of aromatic carboxylic acids is 1. The van der Waals surface area contributed by atoms with Crippen molar-refractivity contribution in [2.45, 2.75) is 33.1 Å². The monoisotopic (exact) mass is 260 g/mol. The van der Waals surface area contributed by atoms with Crippen LogP contribution in [0.2, 0.25) is 0 Å². The van der Waals surface area contributed by atoms with Crippen LogP contribution in [0, 0.1) is 11.8 Å². The highest BCUT2D eigenvalue weighted by Crippen LogP contribution is 2.26. The largest absolute Gasteiger partial charge is 0.478 e. The number of hydrogen-bond acceptors (Lipinski definition) is 3. The molecule has 4 nitrogen and oxygen atoms in total. The lowest BCUT2D eigenvalue weighted by atomic mass is 9.81. The number of rotatable bonds is 3. The summed E-state index contributed by atoms with van der Waals surface area (Å²) in [6, 6.07) is 6.65. The van der Waals surface area contributed by atoms with Gasteiger partial charge in [-0.05, 0) is 48.9 Å². The van der Waals surface area contributed by atoms with Crippen LogP contribution in [0.5, 0.6) is 0 Å². The molecule has 102 valence electrons. The molecule has 1 aromatic rings. The van der Waals surface area contributed by atoms with Gasteiger partial charge in [0.15, 0.2) is 0 Å². The Kier molecular flexibility index (Phi) is 4.20. The molecule has 1 saturated carbocycles. The fourth-order valence-electron chi connectivity index (χ4n) is 2.55. The van der Waals surface area contributed by atoms with Crippen molar-refractivity contribution in [3.63, 3.8) is 0 Å². The number of hydrogen-bond donors (Lipinski definition) is 2. The van der Waals surface area contributed by atoms with Crippen molar-refractivity contribution in [1.29, 1.82) is 0 Å². The number of nitrogens with zero attached hydrogens (tertiary/aromatic N) is 1. The molecule has 1 fully saturated rings. The normalized spacial score (nSPS) is 22.9. The van der Waals surface area contributed by atoms with E-state index in [0.29, 0.717) is 11.8 Å². The van der Waals surface area contributed by atoms with E-state index in [9.17, 15) is 4.79 Å². The number of carboxylic acids is 1. The van der Waals surface area contributed by atoms with Gasteiger partial charge in [-0.3, -0.25) is 5.43 Å². The van der Waals surface area contributed by atoms with Crippen LogP contribution in [0.4, 0.5) is 5.69 Å². The van der Waals surface area contributed by atoms with Gasteiger partial charge in [-0.15, -0.1) is 0 Å². The summed E-state index contributed by atoms with van der Waals surface area (Å²) in [5, 5.41) is 13.3. The number of benzene rings is 1. The maximum absolute atomic E-state index is 10.8. The maximum Gasteiger partial charge on any atom is 0.335 e. The van der Waals surface area contributed by atoms with Gasteiger partial charge < -0.3 is 5.11 Å². The summed E-state index contributed by atoms with van der Waals surface area (Å²) in [5.41, 5.74) is 5.36. The fraction of sp³-hybridized carbons (Fsp3) is 0.467. The number of nitrogens with one attached hydrogen (secondary N) is 1. The molecule has 2 rings (SSSR count). The average Bonchev–Trinajstić information content (AvgIpc) is 2.38. The highest BCUT2D eigenvalue weighted by Gasteiger charge is 2.22. The van der Waals surface area contributed by atoms with Gasteiger partial charge in [0.05, 0.1) is 11.3 Å². The standard InChI is InChI=1S/C15H20N2O2/c1-10-4-3-5-11(2)14(10)17-16-13-8-6-12(7-9-13)15(18)19/h6-11,16H,3-5H2,1-2H3,(H,18,19)/t10-,11-/m1/s1. The van der Waals surface area contributed by atoms with Crippen molar-refractivity contribution in [1.82, 2.24) is 0 Å². The Hall–Kier alpha value is -1.84. The zero-order chi connectivity index (χ0) is 13.8. The Morgan fingerprint density at radius 1 is 1.21 bits per heavy atom. The molecule has 19 heavy (non-hydrogen) atoms. The van der Waals surface area contributed by atoms with E-state index in [1.165, 1.54) is 25.0 Å². The summed E-state index contributed by atoms with van der Waals surface area (Å²) in [7, 11) is 0. The van der Waals surface area contributed by atoms with E-state index in [4.69, 9.17) is 5.11 Å². The van der Waals surface area contributed by atoms with E-state index in [1.807, 2.05) is 0 Å². The molecule has 0 radical (unpaired) electrons. The molecule has 4 heteroatoms. The number of anilines is 1. The van der Waals surface area contributed by atoms with E-state index in [2.05, 4.69) is 24.4 Å². The topological polar surface area (TPSA) is 61.7 Å². The minimum absolute atomic E-state index is 0.289. The van der Waals surface area contributed by atoms with Crippen LogP contribution in [0.15, 0.2) is 29.4 Å². The van der Waals surface area contributed by atoms with Crippen molar-refractivity contribution in [2.75, 3.05) is 5.43 Å². The Labute approximate surface area is 113 Å². The molecule has 0 amide bonds. The van der Waals surface area contributed by atoms with Gasteiger partial charge >= 0.3 is 5.97 Å². The predicted molar refractivity (Wildman–Crippen MR) is 76.6 cm³/mol. The van der Waals surface area contributed by atoms with Gasteiger partial charge in [0, 0.05) is 5.71 Å². The first-order chi connectivity index (χ1) is 9.08. The third kappa shape index (κ3) is 3.34. The van der Waals surface area contributed by atoms with Crippen molar-refractivity contribution < 1.29 is 9.90 Å². The Morgan fingerprint density at radius 3 is 2.32 bits per heavy atom. The highest BCUT2D eigenvalue weighted by molar-refractivity contribution is 5.90. The lowest BCUT2D eigenvalue weighted by molar-refractivity contribution is 0.0697. The number of hydrazone groups is 1. The second-order valence-electron chi connectivity index (χ2n) is 5.26. The molecule has 1 aromatic carbocycles. The summed E-state index contributed by atoms with van der Waals surface area (Å²) < 4.78 is 0. The van der Waals surface area contributed by atoms with Crippen LogP contribution >= 0.6 is 0 Å². The molecule has 0 aliphatic heterocycles. The summed E-state index contributed by atoms with van der Waals surface area (Å²) in [6.45, 7) is 4.42. The van der Waals surface area contributed by atoms with E-state index < -0.39 is 5.97 Å². The fourth-order valence-corrected chi connectivity index (χ4v) is 2.55. The first kappa shape index (κ1) is 13.6. The third-order valence-electron chi connectivity index (χ3n) is 3.73. The SMILES string of the molecule is C[C@@H]1CCC[C@@H](C)C1=NNc1ccc(C(=O)O)cc1. The minimum Gasteiger partial charge on any atom is -0.478 e. The maximum atomic E-state index is 10.8. The first-order valence-electron chi connectivity index (χ1n) is 6.74. The van der Waals surface area contributed by atoms with Gasteiger partial charge in [-0.2, -0.15) is 5.10 Å². The Balaban J connectivity index is 2.06. The molecule has 0 aromatic heterocycles. The molecule has 0 saturated heterocycles. The molecule has 1 aliphatic carbocycles. The first-order valence-corrected chi connectivity index (χ1v) is 6.74. The molecular formula is C15H20N2O2. The van der Waals surface area contributed by atoms with Crippen molar-refractivity contribution >= 4 is 17.4 Å². The summed E-state index contributed by atoms with van der Waals surface area (Å²) >= 11 is 0. The van der Waals surface area contributed by atoms with Crippen molar-refractivity contribution in [3.05, 3.63) is 29.8 Å². The summed E-state index contributed by atoms with van der Waals surface area (Å²) in [5.74, 6) is 0.136. The van der Waals surface area contributed by atoms with Crippen LogP contribution in [0.25, 0.3) is 0 Å². The van der Waals surface area contributed by atoms with Crippen LogP contribution in [0.1, 0.15) is 43.5 Å². The third-order valence-corrected chi connectivity index (χ3v) is 3.73. The molecule has 2 atom stereocenters. The second kappa shape index (κ2) is 5.87. The van der Waals surface area contributed by atoms with E-state index >= 15 is 0 Å². The summed E-state index contributed by atoms with van der Waals surface area (Å²) in [6.07, 6.45) is 3.67. The summed E-state index contributed by atoms with van der Waals surface area (Å²) in [4.78, 5) is 10.8.